The van der Waals surface area contributed by atoms with Gasteiger partial charge in [-0.25, -0.2) is 0 Å². The third-order valence-corrected chi connectivity index (χ3v) is 10.8. The van der Waals surface area contributed by atoms with Crippen molar-refractivity contribution in [2.45, 2.75) is 36.2 Å². The van der Waals surface area contributed by atoms with Gasteiger partial charge in [0.05, 0.1) is 4.08 Å². The Bertz CT molecular complexity index is 831. The van der Waals surface area contributed by atoms with Gasteiger partial charge in [-0.1, -0.05) is 48.5 Å². The van der Waals surface area contributed by atoms with Crippen molar-refractivity contribution in [2.75, 3.05) is 16.8 Å². The quantitative estimate of drug-likeness (QED) is 0.689. The molecule has 1 amide bonds. The summed E-state index contributed by atoms with van der Waals surface area (Å²) >= 11 is 4.39. The number of carbonyl (C=O) groups excluding carboxylic acids is 1. The summed E-state index contributed by atoms with van der Waals surface area (Å²) in [5.74, 6) is 4.44. The molecule has 2 aromatic carbocycles. The van der Waals surface area contributed by atoms with Crippen LogP contribution in [0.15, 0.2) is 54.6 Å². The summed E-state index contributed by atoms with van der Waals surface area (Å²) in [5, 5.41) is 3.30. The number of nitrogens with one attached hydrogen (secondary N) is 1. The minimum absolute atomic E-state index is 0.176. The van der Waals surface area contributed by atoms with E-state index in [2.05, 4.69) is 71.3 Å². The first kappa shape index (κ1) is 18.6. The average Bonchev–Trinajstić information content (AvgIpc) is 3.25. The lowest BCUT2D eigenvalue weighted by Crippen LogP contribution is -2.41. The van der Waals surface area contributed by atoms with Gasteiger partial charge in [0, 0.05) is 23.1 Å². The van der Waals surface area contributed by atoms with Crippen molar-refractivity contribution in [1.29, 1.82) is 0 Å². The molecule has 3 aliphatic rings. The number of amides is 1. The normalized spacial score (nSPS) is 27.8. The van der Waals surface area contributed by atoms with Gasteiger partial charge in [-0.05, 0) is 61.1 Å². The molecule has 0 aromatic heterocycles. The van der Waals surface area contributed by atoms with E-state index in [1.165, 1.54) is 35.5 Å². The zero-order valence-corrected chi connectivity index (χ0v) is 17.7. The number of thioether (sulfide) groups is 2. The smallest absolute Gasteiger partial charge is 0.227 e. The Labute approximate surface area is 176 Å². The number of hydrogen-bond donors (Lipinski definition) is 1. The summed E-state index contributed by atoms with van der Waals surface area (Å²) in [5.41, 5.74) is 3.45. The number of para-hydroxylation sites is 1. The maximum atomic E-state index is 13.2. The van der Waals surface area contributed by atoms with Crippen LogP contribution in [0.1, 0.15) is 36.8 Å². The van der Waals surface area contributed by atoms with Gasteiger partial charge in [0.25, 0.3) is 0 Å². The first-order chi connectivity index (χ1) is 13.7. The van der Waals surface area contributed by atoms with Gasteiger partial charge in [0.2, 0.25) is 5.91 Å². The maximum Gasteiger partial charge on any atom is 0.227 e. The van der Waals surface area contributed by atoms with E-state index in [9.17, 15) is 4.79 Å². The molecule has 2 nitrogen and oxygen atoms in total. The molecule has 1 aliphatic heterocycles. The summed E-state index contributed by atoms with van der Waals surface area (Å²) in [4.78, 5) is 13.2. The minimum atomic E-state index is 0.176. The van der Waals surface area contributed by atoms with Gasteiger partial charge < -0.3 is 5.32 Å². The van der Waals surface area contributed by atoms with Crippen LogP contribution in [0, 0.1) is 17.8 Å². The number of anilines is 1. The van der Waals surface area contributed by atoms with Crippen LogP contribution in [0.5, 0.6) is 0 Å². The Kier molecular flexibility index (Phi) is 5.18. The fourth-order valence-corrected chi connectivity index (χ4v) is 9.40. The van der Waals surface area contributed by atoms with E-state index in [0.29, 0.717) is 4.08 Å². The van der Waals surface area contributed by atoms with E-state index in [1.54, 1.807) is 0 Å². The van der Waals surface area contributed by atoms with E-state index >= 15 is 0 Å². The molecule has 2 bridgehead atoms. The van der Waals surface area contributed by atoms with Gasteiger partial charge in [-0.3, -0.25) is 4.79 Å². The third-order valence-electron chi connectivity index (χ3n) is 6.76. The fourth-order valence-electron chi connectivity index (χ4n) is 5.46. The highest BCUT2D eigenvalue weighted by Gasteiger charge is 2.57. The lowest BCUT2D eigenvalue weighted by Gasteiger charge is -2.42. The Balaban J connectivity index is 1.29. The summed E-state index contributed by atoms with van der Waals surface area (Å²) < 4.78 is 0.446. The van der Waals surface area contributed by atoms with Crippen LogP contribution < -0.4 is 5.32 Å². The van der Waals surface area contributed by atoms with Crippen molar-refractivity contribution in [3.8, 4) is 0 Å². The second-order valence-corrected chi connectivity index (χ2v) is 11.4. The number of hydrogen-bond acceptors (Lipinski definition) is 3. The zero-order chi connectivity index (χ0) is 19.0. The molecular weight excluding hydrogens is 382 g/mol. The highest BCUT2D eigenvalue weighted by atomic mass is 32.2. The Morgan fingerprint density at radius 2 is 1.57 bits per heavy atom. The first-order valence-corrected chi connectivity index (χ1v) is 12.4. The van der Waals surface area contributed by atoms with Crippen molar-refractivity contribution in [3.05, 3.63) is 65.7 Å². The number of carbonyl (C=O) groups is 1. The molecular formula is C24H27NOS2. The average molecular weight is 410 g/mol. The summed E-state index contributed by atoms with van der Waals surface area (Å²) in [6, 6.07) is 18.8. The maximum absolute atomic E-state index is 13.2. The Hall–Kier alpha value is -1.39. The molecule has 1 saturated heterocycles. The van der Waals surface area contributed by atoms with E-state index < -0.39 is 0 Å². The summed E-state index contributed by atoms with van der Waals surface area (Å²) in [6.45, 7) is 0. The van der Waals surface area contributed by atoms with Crippen LogP contribution in [-0.2, 0) is 11.2 Å². The molecule has 146 valence electrons. The fraction of sp³-hybridized carbons (Fsp3) is 0.458. The van der Waals surface area contributed by atoms with Crippen molar-refractivity contribution in [1.82, 2.24) is 0 Å². The monoisotopic (exact) mass is 409 g/mol. The predicted octanol–water partition coefficient (Wildman–Crippen LogP) is 5.83. The van der Waals surface area contributed by atoms with Gasteiger partial charge in [0.15, 0.2) is 0 Å². The molecule has 3 fully saturated rings. The molecule has 0 unspecified atom stereocenters. The van der Waals surface area contributed by atoms with Crippen LogP contribution in [-0.4, -0.2) is 21.5 Å². The summed E-state index contributed by atoms with van der Waals surface area (Å²) in [6.07, 6.45) is 5.63. The van der Waals surface area contributed by atoms with E-state index in [0.717, 1.165) is 36.8 Å². The van der Waals surface area contributed by atoms with Crippen LogP contribution in [0.4, 0.5) is 5.69 Å². The molecule has 1 spiro atoms. The zero-order valence-electron chi connectivity index (χ0n) is 16.1. The predicted molar refractivity (Wildman–Crippen MR) is 121 cm³/mol. The molecule has 2 aromatic rings. The van der Waals surface area contributed by atoms with E-state index in [-0.39, 0.29) is 11.8 Å². The SMILES string of the molecule is O=C(Nc1ccccc1Cc1ccccc1)C1C[C@H]2CC[C@H](C1)C21SCCS1. The van der Waals surface area contributed by atoms with Crippen molar-refractivity contribution < 1.29 is 4.79 Å². The third kappa shape index (κ3) is 3.39. The molecule has 2 atom stereocenters. The van der Waals surface area contributed by atoms with Gasteiger partial charge in [0.1, 0.15) is 0 Å². The van der Waals surface area contributed by atoms with Crippen LogP contribution in [0.2, 0.25) is 0 Å². The molecule has 1 heterocycles. The van der Waals surface area contributed by atoms with E-state index in [4.69, 9.17) is 0 Å². The number of rotatable bonds is 4. The minimum Gasteiger partial charge on any atom is -0.326 e. The molecule has 2 saturated carbocycles. The van der Waals surface area contributed by atoms with Crippen LogP contribution in [0.3, 0.4) is 0 Å². The largest absolute Gasteiger partial charge is 0.326 e. The van der Waals surface area contributed by atoms with Gasteiger partial charge in [-0.15, -0.1) is 23.5 Å². The topological polar surface area (TPSA) is 29.1 Å². The van der Waals surface area contributed by atoms with Crippen LogP contribution >= 0.6 is 23.5 Å². The standard InChI is InChI=1S/C24H27NOS2/c26-23(19-15-20-10-11-21(16-19)24(20)27-12-13-28-24)25-22-9-5-4-8-18(22)14-17-6-2-1-3-7-17/h1-9,19-21H,10-16H2,(H,25,26)/t20-,21-/m1/s1. The second kappa shape index (κ2) is 7.79. The van der Waals surface area contributed by atoms with Gasteiger partial charge >= 0.3 is 0 Å². The second-order valence-electron chi connectivity index (χ2n) is 8.37. The highest BCUT2D eigenvalue weighted by Crippen LogP contribution is 2.65. The Morgan fingerprint density at radius 1 is 0.929 bits per heavy atom. The molecule has 0 radical (unpaired) electrons. The van der Waals surface area contributed by atoms with Crippen molar-refractivity contribution in [3.63, 3.8) is 0 Å². The molecule has 5 rings (SSSR count). The highest BCUT2D eigenvalue weighted by molar-refractivity contribution is 8.21. The number of benzene rings is 2. The molecule has 1 N–H and O–H groups in total. The first-order valence-electron chi connectivity index (χ1n) is 10.5. The Morgan fingerprint density at radius 3 is 2.29 bits per heavy atom. The van der Waals surface area contributed by atoms with Crippen LogP contribution in [0.25, 0.3) is 0 Å². The van der Waals surface area contributed by atoms with Crippen molar-refractivity contribution >= 4 is 35.1 Å². The van der Waals surface area contributed by atoms with Crippen molar-refractivity contribution in [2.24, 2.45) is 17.8 Å². The lowest BCUT2D eigenvalue weighted by molar-refractivity contribution is -0.121. The van der Waals surface area contributed by atoms with Gasteiger partial charge in [-0.2, -0.15) is 0 Å². The summed E-state index contributed by atoms with van der Waals surface area (Å²) in [7, 11) is 0. The lowest BCUT2D eigenvalue weighted by atomic mass is 9.79. The molecule has 4 heteroatoms. The molecule has 2 aliphatic carbocycles. The van der Waals surface area contributed by atoms with E-state index in [1.807, 2.05) is 12.1 Å². The molecule has 28 heavy (non-hydrogen) atoms.